The lowest BCUT2D eigenvalue weighted by Crippen LogP contribution is -2.43. The number of rotatable bonds is 4. The Bertz CT molecular complexity index is 997. The lowest BCUT2D eigenvalue weighted by molar-refractivity contribution is -0.237. The summed E-state index contributed by atoms with van der Waals surface area (Å²) < 4.78 is 91.0. The predicted octanol–water partition coefficient (Wildman–Crippen LogP) is 6.19. The second kappa shape index (κ2) is 8.95. The highest BCUT2D eigenvalue weighted by molar-refractivity contribution is 8.00. The third-order valence-electron chi connectivity index (χ3n) is 3.91. The van der Waals surface area contributed by atoms with Gasteiger partial charge in [0.05, 0.1) is 10.7 Å². The van der Waals surface area contributed by atoms with Crippen LogP contribution in [0.25, 0.3) is 0 Å². The van der Waals surface area contributed by atoms with E-state index < -0.39 is 57.2 Å². The summed E-state index contributed by atoms with van der Waals surface area (Å²) in [5, 5.41) is -5.45. The van der Waals surface area contributed by atoms with Crippen molar-refractivity contribution in [3.05, 3.63) is 58.6 Å². The first-order chi connectivity index (χ1) is 14.2. The van der Waals surface area contributed by atoms with E-state index in [9.17, 15) is 40.3 Å². The number of urea groups is 1. The van der Waals surface area contributed by atoms with E-state index in [0.29, 0.717) is 4.90 Å². The number of carbonyl (C=O) groups is 2. The van der Waals surface area contributed by atoms with Crippen LogP contribution in [0.4, 0.5) is 41.2 Å². The molecule has 3 amide bonds. The first-order valence-electron chi connectivity index (χ1n) is 8.10. The van der Waals surface area contributed by atoms with Gasteiger partial charge in [-0.1, -0.05) is 17.7 Å². The van der Waals surface area contributed by atoms with Crippen LogP contribution in [0.5, 0.6) is 0 Å². The van der Waals surface area contributed by atoms with E-state index in [1.165, 1.54) is 0 Å². The van der Waals surface area contributed by atoms with Crippen LogP contribution in [0.15, 0.2) is 41.3 Å². The molecule has 2 aromatic carbocycles. The summed E-state index contributed by atoms with van der Waals surface area (Å²) >= 11 is 5.12. The van der Waals surface area contributed by atoms with Crippen molar-refractivity contribution < 1.29 is 40.3 Å². The van der Waals surface area contributed by atoms with Gasteiger partial charge in [-0.3, -0.25) is 14.6 Å². The van der Waals surface area contributed by atoms with E-state index in [1.807, 2.05) is 0 Å². The quantitative estimate of drug-likeness (QED) is 0.380. The molecule has 0 aliphatic carbocycles. The van der Waals surface area contributed by atoms with Gasteiger partial charge in [-0.25, -0.2) is 13.6 Å². The summed E-state index contributed by atoms with van der Waals surface area (Å²) in [6.45, 7) is 0. The number of benzene rings is 2. The summed E-state index contributed by atoms with van der Waals surface area (Å²) in [5.41, 5.74) is -1.13. The summed E-state index contributed by atoms with van der Waals surface area (Å²) in [4.78, 5) is 25.5. The van der Waals surface area contributed by atoms with E-state index >= 15 is 0 Å². The minimum Gasteiger partial charge on any atom is -0.296 e. The van der Waals surface area contributed by atoms with Crippen molar-refractivity contribution >= 4 is 41.0 Å². The molecule has 4 nitrogen and oxygen atoms in total. The van der Waals surface area contributed by atoms with Crippen molar-refractivity contribution in [2.45, 2.75) is 16.3 Å². The molecule has 0 aliphatic heterocycles. The van der Waals surface area contributed by atoms with Crippen LogP contribution in [0.3, 0.4) is 0 Å². The maximum Gasteiger partial charge on any atom is 0.464 e. The van der Waals surface area contributed by atoms with Crippen LogP contribution in [-0.4, -0.2) is 42.4 Å². The smallest absolute Gasteiger partial charge is 0.296 e. The monoisotopic (exact) mass is 488 g/mol. The molecule has 0 aliphatic rings. The molecule has 0 unspecified atom stereocenters. The van der Waals surface area contributed by atoms with Gasteiger partial charge in [0.2, 0.25) is 0 Å². The highest BCUT2D eigenvalue weighted by Crippen LogP contribution is 2.48. The molecule has 0 N–H and O–H groups in total. The Hall–Kier alpha value is -2.47. The minimum absolute atomic E-state index is 0.153. The van der Waals surface area contributed by atoms with Crippen molar-refractivity contribution in [3.8, 4) is 0 Å². The van der Waals surface area contributed by atoms with Gasteiger partial charge in [0.15, 0.2) is 0 Å². The molecule has 168 valence electrons. The topological polar surface area (TPSA) is 40.6 Å². The van der Waals surface area contributed by atoms with E-state index in [0.717, 1.165) is 55.4 Å². The molecule has 0 spiro atoms. The maximum atomic E-state index is 13.8. The van der Waals surface area contributed by atoms with Crippen LogP contribution >= 0.6 is 23.4 Å². The van der Waals surface area contributed by atoms with Gasteiger partial charge in [-0.2, -0.15) is 22.0 Å². The molecule has 31 heavy (non-hydrogen) atoms. The predicted molar refractivity (Wildman–Crippen MR) is 101 cm³/mol. The van der Waals surface area contributed by atoms with Crippen molar-refractivity contribution in [2.24, 2.45) is 0 Å². The molecule has 0 bridgehead atoms. The van der Waals surface area contributed by atoms with Gasteiger partial charge in [0, 0.05) is 19.0 Å². The standard InChI is InChI=1S/C18H12ClF7N2O2S/c1-27(16(30)28(2)15(29)14-11(20)4-3-5-12(14)21)13-7-6-9(8-10(13)19)31-18(25,26)17(22,23)24/h3-8H,1-2H3. The van der Waals surface area contributed by atoms with Gasteiger partial charge in [-0.15, -0.1) is 0 Å². The molecule has 0 aromatic heterocycles. The van der Waals surface area contributed by atoms with Crippen LogP contribution in [-0.2, 0) is 0 Å². The largest absolute Gasteiger partial charge is 0.464 e. The number of nitrogens with zero attached hydrogens (tertiary/aromatic N) is 2. The molecule has 0 heterocycles. The number of hydrogen-bond acceptors (Lipinski definition) is 3. The Morgan fingerprint density at radius 3 is 2.00 bits per heavy atom. The average molecular weight is 489 g/mol. The third-order valence-corrected chi connectivity index (χ3v) is 5.19. The molecule has 2 rings (SSSR count). The third kappa shape index (κ3) is 5.24. The highest BCUT2D eigenvalue weighted by atomic mass is 35.5. The normalized spacial score (nSPS) is 11.9. The molecule has 13 heteroatoms. The molecule has 2 aromatic rings. The molecule has 0 radical (unpaired) electrons. The van der Waals surface area contributed by atoms with Crippen LogP contribution < -0.4 is 4.90 Å². The van der Waals surface area contributed by atoms with Gasteiger partial charge in [0.1, 0.15) is 17.2 Å². The highest BCUT2D eigenvalue weighted by Gasteiger charge is 2.58. The van der Waals surface area contributed by atoms with Gasteiger partial charge in [0.25, 0.3) is 5.91 Å². The number of alkyl halides is 5. The zero-order chi connectivity index (χ0) is 23.7. The van der Waals surface area contributed by atoms with Crippen molar-refractivity contribution in [2.75, 3.05) is 19.0 Å². The van der Waals surface area contributed by atoms with Gasteiger partial charge >= 0.3 is 17.5 Å². The number of thioether (sulfide) groups is 1. The number of imide groups is 1. The fourth-order valence-corrected chi connectivity index (χ4v) is 3.41. The Morgan fingerprint density at radius 2 is 1.52 bits per heavy atom. The fraction of sp³-hybridized carbons (Fsp3) is 0.222. The first-order valence-corrected chi connectivity index (χ1v) is 9.29. The van der Waals surface area contributed by atoms with Crippen molar-refractivity contribution in [1.82, 2.24) is 4.90 Å². The zero-order valence-electron chi connectivity index (χ0n) is 15.6. The molecule has 0 saturated heterocycles. The SMILES string of the molecule is CN(C(=O)c1c(F)cccc1F)C(=O)N(C)c1ccc(SC(F)(F)C(F)(F)F)cc1Cl. The molecular formula is C18H12ClF7N2O2S. The van der Waals surface area contributed by atoms with Crippen molar-refractivity contribution in [3.63, 3.8) is 0 Å². The number of halogens is 8. The first kappa shape index (κ1) is 24.8. The second-order valence-corrected chi connectivity index (χ2v) is 7.63. The lowest BCUT2D eigenvalue weighted by atomic mass is 10.1. The van der Waals surface area contributed by atoms with E-state index in [-0.39, 0.29) is 10.7 Å². The molecule has 0 saturated carbocycles. The Balaban J connectivity index is 2.25. The number of hydrogen-bond donors (Lipinski definition) is 0. The van der Waals surface area contributed by atoms with Gasteiger partial charge < -0.3 is 0 Å². The molecule has 0 atom stereocenters. The Morgan fingerprint density at radius 1 is 0.968 bits per heavy atom. The number of anilines is 1. The summed E-state index contributed by atoms with van der Waals surface area (Å²) in [5.74, 6) is -3.70. The van der Waals surface area contributed by atoms with Crippen LogP contribution in [0.1, 0.15) is 10.4 Å². The summed E-state index contributed by atoms with van der Waals surface area (Å²) in [7, 11) is 2.05. The number of amides is 3. The van der Waals surface area contributed by atoms with Gasteiger partial charge in [-0.05, 0) is 42.1 Å². The summed E-state index contributed by atoms with van der Waals surface area (Å²) in [6, 6.07) is 4.20. The minimum atomic E-state index is -5.79. The molecular weight excluding hydrogens is 477 g/mol. The van der Waals surface area contributed by atoms with Crippen molar-refractivity contribution in [1.29, 1.82) is 0 Å². The van der Waals surface area contributed by atoms with E-state index in [1.54, 1.807) is 0 Å². The average Bonchev–Trinajstić information content (AvgIpc) is 2.65. The van der Waals surface area contributed by atoms with E-state index in [4.69, 9.17) is 11.6 Å². The fourth-order valence-electron chi connectivity index (χ4n) is 2.31. The van der Waals surface area contributed by atoms with Crippen LogP contribution in [0.2, 0.25) is 5.02 Å². The maximum absolute atomic E-state index is 13.8. The zero-order valence-corrected chi connectivity index (χ0v) is 17.2. The van der Waals surface area contributed by atoms with E-state index in [2.05, 4.69) is 0 Å². The second-order valence-electron chi connectivity index (χ2n) is 6.03. The number of carbonyl (C=O) groups excluding carboxylic acids is 2. The lowest BCUT2D eigenvalue weighted by Gasteiger charge is -2.25. The molecule has 0 fully saturated rings. The Kier molecular flexibility index (Phi) is 7.16. The Labute approximate surface area is 180 Å². The summed E-state index contributed by atoms with van der Waals surface area (Å²) in [6.07, 6.45) is -5.79. The van der Waals surface area contributed by atoms with Crippen LogP contribution in [0, 0.1) is 11.6 Å².